The lowest BCUT2D eigenvalue weighted by Gasteiger charge is -2.14. The molecule has 0 aromatic heterocycles. The molecule has 0 unspecified atom stereocenters. The van der Waals surface area contributed by atoms with Crippen LogP contribution in [0.4, 0.5) is 10.5 Å². The first-order chi connectivity index (χ1) is 12.6. The number of carbonyl (C=O) groups excluding carboxylic acids is 1. The van der Waals surface area contributed by atoms with E-state index in [4.69, 9.17) is 9.47 Å². The molecule has 5 heteroatoms. The monoisotopic (exact) mass is 352 g/mol. The number of nitrogens with one attached hydrogen (secondary N) is 2. The summed E-state index contributed by atoms with van der Waals surface area (Å²) in [5.74, 6) is 2.34. The highest BCUT2D eigenvalue weighted by Crippen LogP contribution is 2.40. The van der Waals surface area contributed by atoms with Gasteiger partial charge in [0.1, 0.15) is 11.5 Å². The van der Waals surface area contributed by atoms with Crippen molar-refractivity contribution in [2.75, 3.05) is 18.5 Å². The molecule has 2 aromatic carbocycles. The van der Waals surface area contributed by atoms with E-state index in [2.05, 4.69) is 30.5 Å². The third-order valence-corrected chi connectivity index (χ3v) is 5.02. The number of urea groups is 1. The van der Waals surface area contributed by atoms with E-state index >= 15 is 0 Å². The number of benzene rings is 2. The van der Waals surface area contributed by atoms with Gasteiger partial charge in [0.2, 0.25) is 0 Å². The van der Waals surface area contributed by atoms with Crippen LogP contribution in [0.25, 0.3) is 0 Å². The van der Waals surface area contributed by atoms with Gasteiger partial charge in [0.05, 0.1) is 13.2 Å². The minimum atomic E-state index is -0.217. The Morgan fingerprint density at radius 3 is 2.65 bits per heavy atom. The summed E-state index contributed by atoms with van der Waals surface area (Å²) in [5.41, 5.74) is 5.43. The van der Waals surface area contributed by atoms with Gasteiger partial charge in [-0.25, -0.2) is 4.79 Å². The van der Waals surface area contributed by atoms with Crippen molar-refractivity contribution in [1.82, 2.24) is 5.32 Å². The second-order valence-corrected chi connectivity index (χ2v) is 7.10. The van der Waals surface area contributed by atoms with E-state index in [1.54, 1.807) is 0 Å². The van der Waals surface area contributed by atoms with Crippen LogP contribution in [0, 0.1) is 0 Å². The molecule has 2 aliphatic rings. The normalized spacial score (nSPS) is 14.4. The molecule has 136 valence electrons. The minimum Gasteiger partial charge on any atom is -0.493 e. The van der Waals surface area contributed by atoms with Gasteiger partial charge in [0.25, 0.3) is 0 Å². The summed E-state index contributed by atoms with van der Waals surface area (Å²) in [6.45, 7) is 6.12. The van der Waals surface area contributed by atoms with Crippen molar-refractivity contribution in [3.05, 3.63) is 52.6 Å². The number of rotatable bonds is 4. The molecule has 0 radical (unpaired) electrons. The maximum Gasteiger partial charge on any atom is 0.319 e. The summed E-state index contributed by atoms with van der Waals surface area (Å²) >= 11 is 0. The molecule has 0 bridgehead atoms. The van der Waals surface area contributed by atoms with Crippen LogP contribution in [0.3, 0.4) is 0 Å². The van der Waals surface area contributed by atoms with Crippen LogP contribution in [-0.2, 0) is 19.4 Å². The van der Waals surface area contributed by atoms with Crippen molar-refractivity contribution >= 4 is 11.7 Å². The van der Waals surface area contributed by atoms with E-state index in [0.29, 0.717) is 25.7 Å². The average Bonchev–Trinajstić information content (AvgIpc) is 3.27. The molecule has 2 aromatic rings. The van der Waals surface area contributed by atoms with E-state index < -0.39 is 0 Å². The van der Waals surface area contributed by atoms with Crippen LogP contribution in [0.1, 0.15) is 42.0 Å². The van der Waals surface area contributed by atoms with Gasteiger partial charge in [-0.3, -0.25) is 0 Å². The number of amides is 2. The highest BCUT2D eigenvalue weighted by Gasteiger charge is 2.26. The molecule has 0 aliphatic carbocycles. The zero-order chi connectivity index (χ0) is 18.1. The Kier molecular flexibility index (Phi) is 4.45. The Balaban J connectivity index is 1.44. The zero-order valence-corrected chi connectivity index (χ0v) is 15.2. The number of hydrogen-bond donors (Lipinski definition) is 2. The van der Waals surface area contributed by atoms with E-state index in [0.717, 1.165) is 41.2 Å². The fraction of sp³-hybridized carbons (Fsp3) is 0.381. The maximum absolute atomic E-state index is 12.3. The lowest BCUT2D eigenvalue weighted by molar-refractivity contribution is 0.251. The van der Waals surface area contributed by atoms with Crippen molar-refractivity contribution in [3.8, 4) is 11.5 Å². The summed E-state index contributed by atoms with van der Waals surface area (Å²) in [4.78, 5) is 12.3. The summed E-state index contributed by atoms with van der Waals surface area (Å²) in [5, 5.41) is 5.85. The Bertz CT molecular complexity index is 796. The van der Waals surface area contributed by atoms with Crippen LogP contribution < -0.4 is 20.1 Å². The number of ether oxygens (including phenoxy) is 2. The summed E-state index contributed by atoms with van der Waals surface area (Å²) in [7, 11) is 0. The lowest BCUT2D eigenvalue weighted by Crippen LogP contribution is -2.28. The summed E-state index contributed by atoms with van der Waals surface area (Å²) in [6.07, 6.45) is 1.76. The third-order valence-electron chi connectivity index (χ3n) is 5.02. The van der Waals surface area contributed by atoms with Gasteiger partial charge in [-0.15, -0.1) is 0 Å². The van der Waals surface area contributed by atoms with Crippen LogP contribution in [0.15, 0.2) is 30.3 Å². The van der Waals surface area contributed by atoms with Gasteiger partial charge in [-0.1, -0.05) is 26.0 Å². The number of fused-ring (bicyclic) bond motifs is 2. The topological polar surface area (TPSA) is 59.6 Å². The van der Waals surface area contributed by atoms with Crippen molar-refractivity contribution < 1.29 is 14.3 Å². The molecule has 0 spiro atoms. The molecule has 2 N–H and O–H groups in total. The van der Waals surface area contributed by atoms with Gasteiger partial charge in [-0.2, -0.15) is 0 Å². The Hall–Kier alpha value is -2.69. The Morgan fingerprint density at radius 1 is 1.12 bits per heavy atom. The third kappa shape index (κ3) is 3.21. The first-order valence-corrected chi connectivity index (χ1v) is 9.20. The Morgan fingerprint density at radius 2 is 1.88 bits per heavy atom. The highest BCUT2D eigenvalue weighted by molar-refractivity contribution is 5.89. The second-order valence-electron chi connectivity index (χ2n) is 7.10. The minimum absolute atomic E-state index is 0.217. The van der Waals surface area contributed by atoms with Crippen molar-refractivity contribution in [2.45, 2.75) is 39.2 Å². The molecule has 0 saturated carbocycles. The molecule has 4 rings (SSSR count). The van der Waals surface area contributed by atoms with Crippen LogP contribution in [-0.4, -0.2) is 19.2 Å². The molecule has 2 heterocycles. The number of anilines is 1. The van der Waals surface area contributed by atoms with Gasteiger partial charge in [0.15, 0.2) is 0 Å². The van der Waals surface area contributed by atoms with Gasteiger partial charge in [0, 0.05) is 41.8 Å². The molecule has 2 aliphatic heterocycles. The van der Waals surface area contributed by atoms with E-state index in [1.165, 1.54) is 11.1 Å². The standard InChI is InChI=1S/C21H24N2O3/c1-13(2)14-3-5-16(6-4-14)23-21(24)22-12-18-17-8-10-25-19(17)11-15-7-9-26-20(15)18/h3-6,11,13H,7-10,12H2,1-2H3,(H2,22,23,24). The first kappa shape index (κ1) is 16.8. The van der Waals surface area contributed by atoms with Crippen molar-refractivity contribution in [2.24, 2.45) is 0 Å². The molecule has 0 fully saturated rings. The lowest BCUT2D eigenvalue weighted by atomic mass is 9.99. The van der Waals surface area contributed by atoms with E-state index in [-0.39, 0.29) is 6.03 Å². The number of carbonyl (C=O) groups is 1. The zero-order valence-electron chi connectivity index (χ0n) is 15.2. The second kappa shape index (κ2) is 6.90. The fourth-order valence-electron chi connectivity index (χ4n) is 3.57. The maximum atomic E-state index is 12.3. The molecule has 0 saturated heterocycles. The van der Waals surface area contributed by atoms with E-state index in [1.807, 2.05) is 24.3 Å². The van der Waals surface area contributed by atoms with Gasteiger partial charge < -0.3 is 20.1 Å². The quantitative estimate of drug-likeness (QED) is 0.874. The van der Waals surface area contributed by atoms with Crippen LogP contribution in [0.2, 0.25) is 0 Å². The average molecular weight is 352 g/mol. The fourth-order valence-corrected chi connectivity index (χ4v) is 3.57. The van der Waals surface area contributed by atoms with Crippen LogP contribution in [0.5, 0.6) is 11.5 Å². The van der Waals surface area contributed by atoms with Crippen LogP contribution >= 0.6 is 0 Å². The first-order valence-electron chi connectivity index (χ1n) is 9.20. The largest absolute Gasteiger partial charge is 0.493 e. The van der Waals surface area contributed by atoms with Crippen molar-refractivity contribution in [3.63, 3.8) is 0 Å². The molecule has 0 atom stereocenters. The molecular formula is C21H24N2O3. The summed E-state index contributed by atoms with van der Waals surface area (Å²) in [6, 6.07) is 9.83. The van der Waals surface area contributed by atoms with Gasteiger partial charge >= 0.3 is 6.03 Å². The molecular weight excluding hydrogens is 328 g/mol. The number of hydrogen-bond acceptors (Lipinski definition) is 3. The van der Waals surface area contributed by atoms with Crippen molar-refractivity contribution in [1.29, 1.82) is 0 Å². The molecule has 26 heavy (non-hydrogen) atoms. The predicted molar refractivity (Wildman–Crippen MR) is 101 cm³/mol. The molecule has 2 amide bonds. The van der Waals surface area contributed by atoms with E-state index in [9.17, 15) is 4.79 Å². The SMILES string of the molecule is CC(C)c1ccc(NC(=O)NCc2c3c(cc4c2OCC4)OCC3)cc1. The molecule has 5 nitrogen and oxygen atoms in total. The Labute approximate surface area is 153 Å². The predicted octanol–water partition coefficient (Wildman–Crippen LogP) is 4.00. The smallest absolute Gasteiger partial charge is 0.319 e. The van der Waals surface area contributed by atoms with Gasteiger partial charge in [-0.05, 0) is 29.7 Å². The summed E-state index contributed by atoms with van der Waals surface area (Å²) < 4.78 is 11.5. The highest BCUT2D eigenvalue weighted by atomic mass is 16.5.